The van der Waals surface area contributed by atoms with Crippen LogP contribution >= 0.6 is 0 Å². The third kappa shape index (κ3) is 14.7. The van der Waals surface area contributed by atoms with Gasteiger partial charge in [-0.25, -0.2) is 4.79 Å². The fourth-order valence-electron chi connectivity index (χ4n) is 3.10. The first kappa shape index (κ1) is 27.2. The molecule has 1 aromatic carbocycles. The van der Waals surface area contributed by atoms with Crippen LogP contribution in [0, 0.1) is 0 Å². The van der Waals surface area contributed by atoms with Crippen LogP contribution in [0.2, 0.25) is 0 Å². The van der Waals surface area contributed by atoms with Crippen molar-refractivity contribution in [3.63, 3.8) is 0 Å². The summed E-state index contributed by atoms with van der Waals surface area (Å²) in [6.45, 7) is 4.15. The monoisotopic (exact) mass is 454 g/mol. The van der Waals surface area contributed by atoms with E-state index in [1.807, 2.05) is 24.3 Å². The topological polar surface area (TPSA) is 89.9 Å². The maximum absolute atomic E-state index is 11.8. The molecular formula is C24H38O6S. The molecule has 0 unspecified atom stereocenters. The Morgan fingerprint density at radius 3 is 2.00 bits per heavy atom. The zero-order chi connectivity index (χ0) is 23.0. The maximum atomic E-state index is 11.8. The van der Waals surface area contributed by atoms with Gasteiger partial charge in [-0.3, -0.25) is 4.55 Å². The number of hydrogen-bond donors (Lipinski definition) is 1. The van der Waals surface area contributed by atoms with Gasteiger partial charge < -0.3 is 9.47 Å². The van der Waals surface area contributed by atoms with Gasteiger partial charge in [-0.05, 0) is 37.1 Å². The maximum Gasteiger partial charge on any atom is 0.333 e. The Balaban J connectivity index is 2.20. The zero-order valence-electron chi connectivity index (χ0n) is 19.0. The number of carbonyl (C=O) groups excluding carboxylic acids is 1. The van der Waals surface area contributed by atoms with Gasteiger partial charge in [0.2, 0.25) is 0 Å². The van der Waals surface area contributed by atoms with E-state index < -0.39 is 21.8 Å². The van der Waals surface area contributed by atoms with Crippen molar-refractivity contribution in [2.45, 2.75) is 78.1 Å². The predicted molar refractivity (Wildman–Crippen MR) is 125 cm³/mol. The van der Waals surface area contributed by atoms with Crippen LogP contribution in [0.25, 0.3) is 6.08 Å². The van der Waals surface area contributed by atoms with E-state index in [2.05, 4.69) is 6.92 Å². The van der Waals surface area contributed by atoms with E-state index in [1.54, 1.807) is 13.0 Å². The van der Waals surface area contributed by atoms with Gasteiger partial charge in [-0.1, -0.05) is 76.8 Å². The molecule has 31 heavy (non-hydrogen) atoms. The summed E-state index contributed by atoms with van der Waals surface area (Å²) in [4.78, 5) is 11.8. The van der Waals surface area contributed by atoms with Crippen LogP contribution in [0.4, 0.5) is 0 Å². The Morgan fingerprint density at radius 1 is 0.903 bits per heavy atom. The molecule has 176 valence electrons. The summed E-state index contributed by atoms with van der Waals surface area (Å²) >= 11 is 0. The Hall–Kier alpha value is -1.86. The molecular weight excluding hydrogens is 416 g/mol. The molecule has 1 rings (SSSR count). The first-order chi connectivity index (χ1) is 14.8. The largest absolute Gasteiger partial charge is 0.494 e. The molecule has 0 aromatic heterocycles. The molecule has 0 bridgehead atoms. The second-order valence-electron chi connectivity index (χ2n) is 7.85. The van der Waals surface area contributed by atoms with E-state index >= 15 is 0 Å². The summed E-state index contributed by atoms with van der Waals surface area (Å²) < 4.78 is 40.5. The number of hydrogen-bond acceptors (Lipinski definition) is 5. The molecule has 1 N–H and O–H groups in total. The molecule has 0 atom stereocenters. The fraction of sp³-hybridized carbons (Fsp3) is 0.625. The SMILES string of the molecule is CCCCCCCCCCCCOc1ccc(/C=C(\C)C(=O)OCCS(=O)(=O)O)cc1. The van der Waals surface area contributed by atoms with E-state index in [4.69, 9.17) is 14.0 Å². The van der Waals surface area contributed by atoms with Gasteiger partial charge in [0.15, 0.2) is 0 Å². The molecule has 1 aromatic rings. The molecule has 0 radical (unpaired) electrons. The average molecular weight is 455 g/mol. The van der Waals surface area contributed by atoms with Crippen LogP contribution in [0.15, 0.2) is 29.8 Å². The Morgan fingerprint density at radius 2 is 1.45 bits per heavy atom. The molecule has 0 heterocycles. The van der Waals surface area contributed by atoms with Gasteiger partial charge in [0.1, 0.15) is 18.1 Å². The van der Waals surface area contributed by atoms with Crippen molar-refractivity contribution < 1.29 is 27.2 Å². The third-order valence-electron chi connectivity index (χ3n) is 4.93. The lowest BCUT2D eigenvalue weighted by molar-refractivity contribution is -0.138. The molecule has 0 aliphatic rings. The van der Waals surface area contributed by atoms with Crippen LogP contribution in [-0.4, -0.2) is 37.9 Å². The smallest absolute Gasteiger partial charge is 0.333 e. The van der Waals surface area contributed by atoms with Crippen molar-refractivity contribution in [2.24, 2.45) is 0 Å². The summed E-state index contributed by atoms with van der Waals surface area (Å²) in [6.07, 6.45) is 14.6. The van der Waals surface area contributed by atoms with Crippen molar-refractivity contribution in [3.8, 4) is 5.75 Å². The highest BCUT2D eigenvalue weighted by Gasteiger charge is 2.09. The van der Waals surface area contributed by atoms with Crippen molar-refractivity contribution in [1.29, 1.82) is 0 Å². The van der Waals surface area contributed by atoms with Crippen molar-refractivity contribution >= 4 is 22.2 Å². The average Bonchev–Trinajstić information content (AvgIpc) is 2.72. The number of unbranched alkanes of at least 4 members (excludes halogenated alkanes) is 9. The summed E-state index contributed by atoms with van der Waals surface area (Å²) in [6, 6.07) is 7.42. The first-order valence-electron chi connectivity index (χ1n) is 11.4. The number of ether oxygens (including phenoxy) is 2. The van der Waals surface area contributed by atoms with Crippen LogP contribution in [-0.2, 0) is 19.6 Å². The van der Waals surface area contributed by atoms with Crippen LogP contribution in [0.1, 0.15) is 83.6 Å². The Bertz CT molecular complexity index is 753. The minimum absolute atomic E-state index is 0.342. The quantitative estimate of drug-likeness (QED) is 0.138. The molecule has 0 fully saturated rings. The molecule has 0 amide bonds. The van der Waals surface area contributed by atoms with E-state index in [9.17, 15) is 13.2 Å². The molecule has 0 spiro atoms. The number of carbonyl (C=O) groups is 1. The van der Waals surface area contributed by atoms with Gasteiger partial charge in [0.25, 0.3) is 10.1 Å². The van der Waals surface area contributed by atoms with E-state index in [0.717, 1.165) is 17.7 Å². The second kappa shape index (κ2) is 15.9. The summed E-state index contributed by atoms with van der Waals surface area (Å²) in [5, 5.41) is 0. The molecule has 0 aliphatic carbocycles. The fourth-order valence-corrected chi connectivity index (χ4v) is 3.40. The number of benzene rings is 1. The van der Waals surface area contributed by atoms with Crippen molar-refractivity contribution in [2.75, 3.05) is 19.0 Å². The van der Waals surface area contributed by atoms with Gasteiger partial charge >= 0.3 is 5.97 Å². The van der Waals surface area contributed by atoms with Crippen LogP contribution in [0.5, 0.6) is 5.75 Å². The van der Waals surface area contributed by atoms with E-state index in [1.165, 1.54) is 57.8 Å². The molecule has 0 saturated heterocycles. The Labute approximate surface area is 187 Å². The standard InChI is InChI=1S/C24H38O6S/c1-3-4-5-6-7-8-9-10-11-12-17-29-23-15-13-22(14-16-23)20-21(2)24(25)30-18-19-31(26,27)28/h13-16,20H,3-12,17-19H2,1-2H3,(H,26,27,28)/b21-20+. The summed E-state index contributed by atoms with van der Waals surface area (Å²) in [5.74, 6) is -0.441. The number of rotatable bonds is 17. The molecule has 0 aliphatic heterocycles. The first-order valence-corrected chi connectivity index (χ1v) is 13.0. The van der Waals surface area contributed by atoms with E-state index in [-0.39, 0.29) is 6.61 Å². The van der Waals surface area contributed by atoms with E-state index in [0.29, 0.717) is 12.2 Å². The van der Waals surface area contributed by atoms with Gasteiger partial charge in [-0.2, -0.15) is 8.42 Å². The Kier molecular flexibility index (Phi) is 13.9. The van der Waals surface area contributed by atoms with Gasteiger partial charge in [0, 0.05) is 5.57 Å². The third-order valence-corrected chi connectivity index (χ3v) is 5.61. The van der Waals surface area contributed by atoms with Crippen LogP contribution < -0.4 is 4.74 Å². The molecule has 7 heteroatoms. The van der Waals surface area contributed by atoms with Crippen LogP contribution in [0.3, 0.4) is 0 Å². The van der Waals surface area contributed by atoms with Crippen molar-refractivity contribution in [3.05, 3.63) is 35.4 Å². The van der Waals surface area contributed by atoms with Crippen molar-refractivity contribution in [1.82, 2.24) is 0 Å². The highest BCUT2D eigenvalue weighted by atomic mass is 32.2. The lowest BCUT2D eigenvalue weighted by Gasteiger charge is -2.07. The lowest BCUT2D eigenvalue weighted by atomic mass is 10.1. The van der Waals surface area contributed by atoms with Gasteiger partial charge in [-0.15, -0.1) is 0 Å². The highest BCUT2D eigenvalue weighted by molar-refractivity contribution is 7.85. The summed E-state index contributed by atoms with van der Waals surface area (Å²) in [7, 11) is -4.14. The minimum atomic E-state index is -4.14. The molecule has 6 nitrogen and oxygen atoms in total. The normalized spacial score (nSPS) is 12.0. The predicted octanol–water partition coefficient (Wildman–Crippen LogP) is 5.82. The summed E-state index contributed by atoms with van der Waals surface area (Å²) in [5.41, 5.74) is 1.16. The number of esters is 1. The lowest BCUT2D eigenvalue weighted by Crippen LogP contribution is -2.15. The second-order valence-corrected chi connectivity index (χ2v) is 9.42. The van der Waals surface area contributed by atoms with Gasteiger partial charge in [0.05, 0.1) is 6.61 Å². The molecule has 0 saturated carbocycles. The highest BCUT2D eigenvalue weighted by Crippen LogP contribution is 2.16. The minimum Gasteiger partial charge on any atom is -0.494 e. The zero-order valence-corrected chi connectivity index (χ0v) is 19.8.